The monoisotopic (exact) mass is 304 g/mol. The predicted molar refractivity (Wildman–Crippen MR) is 83.2 cm³/mol. The normalized spacial score (nSPS) is 28.3. The maximum absolute atomic E-state index is 6.00. The summed E-state index contributed by atoms with van der Waals surface area (Å²) in [6.07, 6.45) is 0.352. The Bertz CT molecular complexity index is 549. The second-order valence-electron chi connectivity index (χ2n) is 6.69. The number of hydrogen-bond acceptors (Lipinski definition) is 5. The lowest BCUT2D eigenvalue weighted by Gasteiger charge is -2.39. The Kier molecular flexibility index (Phi) is 3.72. The second kappa shape index (κ2) is 5.72. The van der Waals surface area contributed by atoms with Crippen LogP contribution in [0.15, 0.2) is 18.2 Å². The van der Waals surface area contributed by atoms with E-state index in [2.05, 4.69) is 35.8 Å². The Morgan fingerprint density at radius 3 is 2.91 bits per heavy atom. The van der Waals surface area contributed by atoms with Crippen molar-refractivity contribution in [1.82, 2.24) is 9.80 Å². The zero-order valence-electron chi connectivity index (χ0n) is 13.3. The average molecular weight is 304 g/mol. The van der Waals surface area contributed by atoms with Crippen molar-refractivity contribution in [2.24, 2.45) is 0 Å². The average Bonchev–Trinajstić information content (AvgIpc) is 3.11. The highest BCUT2D eigenvalue weighted by molar-refractivity contribution is 5.44. The molecule has 3 aliphatic rings. The molecule has 120 valence electrons. The Morgan fingerprint density at radius 2 is 2.05 bits per heavy atom. The van der Waals surface area contributed by atoms with Crippen LogP contribution in [0.4, 0.5) is 0 Å². The number of ether oxygens (including phenoxy) is 3. The molecule has 0 unspecified atom stereocenters. The first-order valence-corrected chi connectivity index (χ1v) is 8.19. The number of nitrogens with zero attached hydrogens (tertiary/aromatic N) is 2. The van der Waals surface area contributed by atoms with Gasteiger partial charge in [0.05, 0.1) is 18.8 Å². The zero-order valence-corrected chi connectivity index (χ0v) is 13.3. The summed E-state index contributed by atoms with van der Waals surface area (Å²) in [5, 5.41) is 0. The molecular formula is C17H24N2O3. The maximum atomic E-state index is 6.00. The van der Waals surface area contributed by atoms with Crippen molar-refractivity contribution in [3.05, 3.63) is 23.8 Å². The topological polar surface area (TPSA) is 34.2 Å². The minimum atomic E-state index is 0.337. The van der Waals surface area contributed by atoms with Crippen LogP contribution in [-0.2, 0) is 11.3 Å². The summed E-state index contributed by atoms with van der Waals surface area (Å²) >= 11 is 0. The number of rotatable bonds is 3. The van der Waals surface area contributed by atoms with Crippen LogP contribution in [0.5, 0.6) is 11.5 Å². The molecule has 2 atom stereocenters. The smallest absolute Gasteiger partial charge is 0.231 e. The first kappa shape index (κ1) is 14.3. The van der Waals surface area contributed by atoms with Crippen LogP contribution in [0.25, 0.3) is 0 Å². The third kappa shape index (κ3) is 2.57. The first-order valence-electron chi connectivity index (χ1n) is 8.19. The summed E-state index contributed by atoms with van der Waals surface area (Å²) in [6.45, 7) is 9.85. The number of fused-ring (bicyclic) bond motifs is 2. The lowest BCUT2D eigenvalue weighted by molar-refractivity contribution is -0.0583. The van der Waals surface area contributed by atoms with Crippen molar-refractivity contribution in [1.29, 1.82) is 0 Å². The van der Waals surface area contributed by atoms with Gasteiger partial charge in [-0.15, -0.1) is 0 Å². The summed E-state index contributed by atoms with van der Waals surface area (Å²) in [5.74, 6) is 1.72. The Morgan fingerprint density at radius 1 is 1.18 bits per heavy atom. The molecule has 4 rings (SSSR count). The van der Waals surface area contributed by atoms with Gasteiger partial charge >= 0.3 is 0 Å². The number of likely N-dealkylation sites (tertiary alicyclic amines) is 1. The van der Waals surface area contributed by atoms with E-state index in [-0.39, 0.29) is 0 Å². The van der Waals surface area contributed by atoms with E-state index in [0.717, 1.165) is 44.3 Å². The molecule has 2 saturated heterocycles. The van der Waals surface area contributed by atoms with Gasteiger partial charge < -0.3 is 14.2 Å². The Hall–Kier alpha value is -1.30. The first-order chi connectivity index (χ1) is 10.7. The Balaban J connectivity index is 1.44. The van der Waals surface area contributed by atoms with Crippen molar-refractivity contribution >= 4 is 0 Å². The molecule has 0 radical (unpaired) electrons. The molecular weight excluding hydrogens is 280 g/mol. The molecule has 0 N–H and O–H groups in total. The summed E-state index contributed by atoms with van der Waals surface area (Å²) in [7, 11) is 0. The largest absolute Gasteiger partial charge is 0.454 e. The van der Waals surface area contributed by atoms with Crippen LogP contribution in [-0.4, -0.2) is 61.0 Å². The van der Waals surface area contributed by atoms with Crippen molar-refractivity contribution < 1.29 is 14.2 Å². The lowest BCUT2D eigenvalue weighted by atomic mass is 10.1. The summed E-state index contributed by atoms with van der Waals surface area (Å²) < 4.78 is 16.8. The quantitative estimate of drug-likeness (QED) is 0.849. The van der Waals surface area contributed by atoms with Crippen LogP contribution < -0.4 is 9.47 Å². The molecule has 1 aromatic carbocycles. The highest BCUT2D eigenvalue weighted by Crippen LogP contribution is 2.33. The van der Waals surface area contributed by atoms with Gasteiger partial charge in [0.15, 0.2) is 11.5 Å². The molecule has 0 amide bonds. The molecule has 2 fully saturated rings. The third-order valence-electron chi connectivity index (χ3n) is 4.93. The highest BCUT2D eigenvalue weighted by Gasteiger charge is 2.40. The molecule has 0 aromatic heterocycles. The van der Waals surface area contributed by atoms with Crippen molar-refractivity contribution in [2.75, 3.05) is 33.0 Å². The minimum Gasteiger partial charge on any atom is -0.454 e. The molecule has 1 aromatic rings. The van der Waals surface area contributed by atoms with Gasteiger partial charge in [0.1, 0.15) is 0 Å². The van der Waals surface area contributed by atoms with E-state index < -0.39 is 0 Å². The molecule has 0 saturated carbocycles. The summed E-state index contributed by atoms with van der Waals surface area (Å²) in [4.78, 5) is 5.08. The van der Waals surface area contributed by atoms with Gasteiger partial charge in [0.2, 0.25) is 6.79 Å². The Labute approximate surface area is 131 Å². The summed E-state index contributed by atoms with van der Waals surface area (Å²) in [5.41, 5.74) is 1.28. The van der Waals surface area contributed by atoms with Crippen molar-refractivity contribution in [3.8, 4) is 11.5 Å². The van der Waals surface area contributed by atoms with Gasteiger partial charge in [-0.1, -0.05) is 6.07 Å². The van der Waals surface area contributed by atoms with Gasteiger partial charge in [-0.05, 0) is 31.5 Å². The standard InChI is InChI=1S/C17H24N2O3/c1-12(2)19-5-6-20-17-10-18(9-14(17)19)8-13-3-4-15-16(7-13)22-11-21-15/h3-4,7,12,14,17H,5-6,8-11H2,1-2H3/t14-,17+/m0/s1. The summed E-state index contributed by atoms with van der Waals surface area (Å²) in [6, 6.07) is 7.37. The third-order valence-corrected chi connectivity index (χ3v) is 4.93. The van der Waals surface area contributed by atoms with Gasteiger partial charge in [0.25, 0.3) is 0 Å². The fourth-order valence-electron chi connectivity index (χ4n) is 3.86. The maximum Gasteiger partial charge on any atom is 0.231 e. The molecule has 5 heteroatoms. The molecule has 3 heterocycles. The number of benzene rings is 1. The minimum absolute atomic E-state index is 0.337. The molecule has 0 aliphatic carbocycles. The van der Waals surface area contributed by atoms with Crippen LogP contribution in [0, 0.1) is 0 Å². The van der Waals surface area contributed by atoms with E-state index in [9.17, 15) is 0 Å². The number of hydrogen-bond donors (Lipinski definition) is 0. The fraction of sp³-hybridized carbons (Fsp3) is 0.647. The van der Waals surface area contributed by atoms with Gasteiger partial charge in [-0.3, -0.25) is 9.80 Å². The van der Waals surface area contributed by atoms with E-state index in [1.165, 1.54) is 5.56 Å². The molecule has 22 heavy (non-hydrogen) atoms. The zero-order chi connectivity index (χ0) is 15.1. The lowest BCUT2D eigenvalue weighted by Crippen LogP contribution is -2.53. The van der Waals surface area contributed by atoms with E-state index in [4.69, 9.17) is 14.2 Å². The van der Waals surface area contributed by atoms with Gasteiger partial charge in [-0.25, -0.2) is 0 Å². The molecule has 0 bridgehead atoms. The second-order valence-corrected chi connectivity index (χ2v) is 6.69. The highest BCUT2D eigenvalue weighted by atomic mass is 16.7. The van der Waals surface area contributed by atoms with E-state index in [1.807, 2.05) is 6.07 Å². The number of morpholine rings is 1. The van der Waals surface area contributed by atoms with Crippen molar-refractivity contribution in [2.45, 2.75) is 38.6 Å². The van der Waals surface area contributed by atoms with Crippen LogP contribution in [0.2, 0.25) is 0 Å². The van der Waals surface area contributed by atoms with Crippen molar-refractivity contribution in [3.63, 3.8) is 0 Å². The van der Waals surface area contributed by atoms with E-state index in [1.54, 1.807) is 0 Å². The SMILES string of the molecule is CC(C)N1CCO[C@@H]2CN(Cc3ccc4c(c3)OCO4)C[C@@H]21. The van der Waals surface area contributed by atoms with Crippen LogP contribution in [0.3, 0.4) is 0 Å². The molecule has 3 aliphatic heterocycles. The van der Waals surface area contributed by atoms with Gasteiger partial charge in [0, 0.05) is 32.2 Å². The van der Waals surface area contributed by atoms with Crippen LogP contribution in [0.1, 0.15) is 19.4 Å². The van der Waals surface area contributed by atoms with E-state index >= 15 is 0 Å². The molecule has 0 spiro atoms. The van der Waals surface area contributed by atoms with Crippen LogP contribution >= 0.6 is 0 Å². The van der Waals surface area contributed by atoms with E-state index in [0.29, 0.717) is 25.0 Å². The van der Waals surface area contributed by atoms with Gasteiger partial charge in [-0.2, -0.15) is 0 Å². The molecule has 5 nitrogen and oxygen atoms in total. The predicted octanol–water partition coefficient (Wildman–Crippen LogP) is 1.71. The fourth-order valence-corrected chi connectivity index (χ4v) is 3.86.